The van der Waals surface area contributed by atoms with Gasteiger partial charge in [-0.25, -0.2) is 13.4 Å². The maximum absolute atomic E-state index is 12.6. The number of rotatable bonds is 9. The van der Waals surface area contributed by atoms with E-state index in [-0.39, 0.29) is 6.04 Å². The number of nitrogens with one attached hydrogen (secondary N) is 2. The summed E-state index contributed by atoms with van der Waals surface area (Å²) in [7, 11) is -1.86. The molecule has 8 heteroatoms. The lowest BCUT2D eigenvalue weighted by atomic mass is 10.1. The predicted molar refractivity (Wildman–Crippen MR) is 122 cm³/mol. The molecule has 0 aliphatic rings. The molecular formula is C21H32N4O2S2. The van der Waals surface area contributed by atoms with Gasteiger partial charge in [0.2, 0.25) is 10.0 Å². The molecule has 2 aromatic rings. The Kier molecular flexibility index (Phi) is 8.67. The Bertz CT molecular complexity index is 876. The van der Waals surface area contributed by atoms with Crippen molar-refractivity contribution in [3.8, 4) is 0 Å². The number of hydrogen-bond acceptors (Lipinski definition) is 4. The van der Waals surface area contributed by atoms with E-state index < -0.39 is 10.0 Å². The number of guanidine groups is 1. The maximum atomic E-state index is 12.6. The molecule has 29 heavy (non-hydrogen) atoms. The van der Waals surface area contributed by atoms with Gasteiger partial charge in [-0.2, -0.15) is 4.31 Å². The summed E-state index contributed by atoms with van der Waals surface area (Å²) in [5.74, 6) is 1.16. The Labute approximate surface area is 179 Å². The highest BCUT2D eigenvalue weighted by Crippen LogP contribution is 2.20. The lowest BCUT2D eigenvalue weighted by molar-refractivity contribution is 0.410. The average molecular weight is 437 g/mol. The molecule has 1 aromatic heterocycles. The molecule has 0 radical (unpaired) electrons. The van der Waals surface area contributed by atoms with Crippen LogP contribution >= 0.6 is 11.3 Å². The van der Waals surface area contributed by atoms with E-state index >= 15 is 0 Å². The quantitative estimate of drug-likeness (QED) is 0.465. The van der Waals surface area contributed by atoms with Crippen LogP contribution in [-0.4, -0.2) is 44.9 Å². The minimum Gasteiger partial charge on any atom is -0.357 e. The van der Waals surface area contributed by atoms with Crippen molar-refractivity contribution in [2.24, 2.45) is 4.99 Å². The van der Waals surface area contributed by atoms with Gasteiger partial charge in [-0.3, -0.25) is 0 Å². The SMILES string of the molecule is CCNC(=NCc1ccc(S(=O)(=O)N(C)C(C)C)cc1)NCC(C)c1cccs1. The lowest BCUT2D eigenvalue weighted by Crippen LogP contribution is -2.39. The van der Waals surface area contributed by atoms with Gasteiger partial charge in [-0.05, 0) is 49.9 Å². The van der Waals surface area contributed by atoms with Gasteiger partial charge < -0.3 is 10.6 Å². The van der Waals surface area contributed by atoms with Crippen LogP contribution in [0.4, 0.5) is 0 Å². The molecular weight excluding hydrogens is 404 g/mol. The topological polar surface area (TPSA) is 73.8 Å². The van der Waals surface area contributed by atoms with E-state index in [9.17, 15) is 8.42 Å². The summed E-state index contributed by atoms with van der Waals surface area (Å²) in [5.41, 5.74) is 0.958. The van der Waals surface area contributed by atoms with Crippen molar-refractivity contribution >= 4 is 27.3 Å². The third-order valence-corrected chi connectivity index (χ3v) is 7.85. The van der Waals surface area contributed by atoms with Crippen LogP contribution in [0.15, 0.2) is 51.7 Å². The average Bonchev–Trinajstić information content (AvgIpc) is 3.24. The summed E-state index contributed by atoms with van der Waals surface area (Å²) in [4.78, 5) is 6.28. The normalized spacial score (nSPS) is 13.7. The molecule has 2 rings (SSSR count). The van der Waals surface area contributed by atoms with E-state index in [2.05, 4.69) is 40.1 Å². The number of aliphatic imine (C=N–C) groups is 1. The molecule has 0 amide bonds. The fourth-order valence-electron chi connectivity index (χ4n) is 2.64. The third-order valence-electron chi connectivity index (χ3n) is 4.70. The summed E-state index contributed by atoms with van der Waals surface area (Å²) in [6.45, 7) is 9.98. The van der Waals surface area contributed by atoms with Crippen molar-refractivity contribution in [3.05, 3.63) is 52.2 Å². The summed E-state index contributed by atoms with van der Waals surface area (Å²) in [6.07, 6.45) is 0. The monoisotopic (exact) mass is 436 g/mol. The highest BCUT2D eigenvalue weighted by atomic mass is 32.2. The lowest BCUT2D eigenvalue weighted by Gasteiger charge is -2.21. The first-order valence-corrected chi connectivity index (χ1v) is 12.2. The molecule has 0 fully saturated rings. The van der Waals surface area contributed by atoms with Crippen LogP contribution < -0.4 is 10.6 Å². The first-order valence-electron chi connectivity index (χ1n) is 9.88. The number of benzene rings is 1. The zero-order chi connectivity index (χ0) is 21.4. The van der Waals surface area contributed by atoms with Crippen molar-refractivity contribution in [2.75, 3.05) is 20.1 Å². The van der Waals surface area contributed by atoms with Gasteiger partial charge in [0.05, 0.1) is 11.4 Å². The van der Waals surface area contributed by atoms with Crippen molar-refractivity contribution in [3.63, 3.8) is 0 Å². The summed E-state index contributed by atoms with van der Waals surface area (Å²) >= 11 is 1.76. The molecule has 1 unspecified atom stereocenters. The molecule has 0 spiro atoms. The first kappa shape index (κ1) is 23.4. The zero-order valence-corrected chi connectivity index (χ0v) is 19.5. The highest BCUT2D eigenvalue weighted by molar-refractivity contribution is 7.89. The molecule has 0 aliphatic carbocycles. The Morgan fingerprint density at radius 1 is 1.14 bits per heavy atom. The van der Waals surface area contributed by atoms with Gasteiger partial charge in [-0.15, -0.1) is 11.3 Å². The van der Waals surface area contributed by atoms with Crippen LogP contribution in [0.2, 0.25) is 0 Å². The Balaban J connectivity index is 2.01. The largest absolute Gasteiger partial charge is 0.357 e. The third kappa shape index (κ3) is 6.55. The predicted octanol–water partition coefficient (Wildman–Crippen LogP) is 3.64. The van der Waals surface area contributed by atoms with E-state index in [4.69, 9.17) is 0 Å². The molecule has 0 saturated carbocycles. The number of sulfonamides is 1. The van der Waals surface area contributed by atoms with Gasteiger partial charge in [0.1, 0.15) is 0 Å². The molecule has 1 aromatic carbocycles. The first-order chi connectivity index (χ1) is 13.8. The Morgan fingerprint density at radius 2 is 1.83 bits per heavy atom. The van der Waals surface area contributed by atoms with Crippen molar-refractivity contribution in [2.45, 2.75) is 51.1 Å². The van der Waals surface area contributed by atoms with Crippen LogP contribution in [0, 0.1) is 0 Å². The van der Waals surface area contributed by atoms with Crippen molar-refractivity contribution in [1.82, 2.24) is 14.9 Å². The standard InChI is InChI=1S/C21H32N4O2S2/c1-6-22-21(23-14-17(4)20-8-7-13-28-20)24-15-18-9-11-19(12-10-18)29(26,27)25(5)16(2)3/h7-13,16-17H,6,14-15H2,1-5H3,(H2,22,23,24). The molecule has 1 heterocycles. The maximum Gasteiger partial charge on any atom is 0.243 e. The van der Waals surface area contributed by atoms with E-state index in [0.29, 0.717) is 17.4 Å². The summed E-state index contributed by atoms with van der Waals surface area (Å²) in [5, 5.41) is 8.73. The number of hydrogen-bond donors (Lipinski definition) is 2. The second-order valence-corrected chi connectivity index (χ2v) is 10.2. The molecule has 2 N–H and O–H groups in total. The van der Waals surface area contributed by atoms with Crippen LogP contribution in [0.5, 0.6) is 0 Å². The molecule has 1 atom stereocenters. The molecule has 160 valence electrons. The molecule has 6 nitrogen and oxygen atoms in total. The van der Waals surface area contributed by atoms with Crippen LogP contribution in [-0.2, 0) is 16.6 Å². The van der Waals surface area contributed by atoms with Gasteiger partial charge in [-0.1, -0.05) is 25.1 Å². The fourth-order valence-corrected chi connectivity index (χ4v) is 4.80. The van der Waals surface area contributed by atoms with Crippen molar-refractivity contribution < 1.29 is 8.42 Å². The molecule has 0 aliphatic heterocycles. The van der Waals surface area contributed by atoms with Gasteiger partial charge in [0, 0.05) is 37.0 Å². The summed E-state index contributed by atoms with van der Waals surface area (Å²) in [6, 6.07) is 11.1. The van der Waals surface area contributed by atoms with E-state index in [1.807, 2.05) is 32.9 Å². The second kappa shape index (κ2) is 10.8. The van der Waals surface area contributed by atoms with Crippen LogP contribution in [0.3, 0.4) is 0 Å². The van der Waals surface area contributed by atoms with Gasteiger partial charge in [0.15, 0.2) is 5.96 Å². The minimum atomic E-state index is -3.46. The smallest absolute Gasteiger partial charge is 0.243 e. The number of nitrogens with zero attached hydrogens (tertiary/aromatic N) is 2. The molecule has 0 saturated heterocycles. The zero-order valence-electron chi connectivity index (χ0n) is 17.8. The fraction of sp³-hybridized carbons (Fsp3) is 0.476. The summed E-state index contributed by atoms with van der Waals surface area (Å²) < 4.78 is 26.5. The minimum absolute atomic E-state index is 0.0883. The Hall–Kier alpha value is -1.90. The van der Waals surface area contributed by atoms with Crippen LogP contribution in [0.1, 0.15) is 44.1 Å². The molecule has 0 bridgehead atoms. The van der Waals surface area contributed by atoms with Gasteiger partial charge in [0.25, 0.3) is 0 Å². The number of thiophene rings is 1. The second-order valence-electron chi connectivity index (χ2n) is 7.25. The van der Waals surface area contributed by atoms with E-state index in [1.54, 1.807) is 30.5 Å². The van der Waals surface area contributed by atoms with Crippen LogP contribution in [0.25, 0.3) is 0 Å². The highest BCUT2D eigenvalue weighted by Gasteiger charge is 2.22. The van der Waals surface area contributed by atoms with Gasteiger partial charge >= 0.3 is 0 Å². The van der Waals surface area contributed by atoms with Crippen molar-refractivity contribution in [1.29, 1.82) is 0 Å². The Morgan fingerprint density at radius 3 is 2.38 bits per heavy atom. The van der Waals surface area contributed by atoms with E-state index in [1.165, 1.54) is 9.18 Å². The van der Waals surface area contributed by atoms with E-state index in [0.717, 1.165) is 24.6 Å².